The molecule has 21 heavy (non-hydrogen) atoms. The number of rotatable bonds is 7. The van der Waals surface area contributed by atoms with Gasteiger partial charge in [-0.25, -0.2) is 0 Å². The summed E-state index contributed by atoms with van der Waals surface area (Å²) in [6, 6.07) is 15.6. The van der Waals surface area contributed by atoms with Gasteiger partial charge in [-0.15, -0.1) is 11.8 Å². The van der Waals surface area contributed by atoms with Gasteiger partial charge in [-0.05, 0) is 36.8 Å². The first-order chi connectivity index (χ1) is 10.1. The van der Waals surface area contributed by atoms with Gasteiger partial charge in [0.25, 0.3) is 0 Å². The van der Waals surface area contributed by atoms with Crippen molar-refractivity contribution >= 4 is 17.7 Å². The first-order valence-electron chi connectivity index (χ1n) is 6.76. The van der Waals surface area contributed by atoms with Crippen molar-refractivity contribution in [3.8, 4) is 5.75 Å². The summed E-state index contributed by atoms with van der Waals surface area (Å²) in [4.78, 5) is 11.9. The molecule has 0 unspecified atom stereocenters. The summed E-state index contributed by atoms with van der Waals surface area (Å²) in [5.41, 5.74) is 2.01. The first kappa shape index (κ1) is 15.4. The molecule has 2 aromatic carbocycles. The monoisotopic (exact) mass is 302 g/mol. The maximum absolute atomic E-state index is 10.7. The number of carboxylic acids is 1. The van der Waals surface area contributed by atoms with Gasteiger partial charge in [0.1, 0.15) is 5.75 Å². The van der Waals surface area contributed by atoms with Crippen molar-refractivity contribution in [1.29, 1.82) is 0 Å². The molecule has 0 spiro atoms. The minimum absolute atomic E-state index is 0.0231. The normalized spacial score (nSPS) is 10.3. The Hall–Kier alpha value is -1.94. The van der Waals surface area contributed by atoms with Crippen LogP contribution in [0.2, 0.25) is 0 Å². The average molecular weight is 302 g/mol. The average Bonchev–Trinajstić information content (AvgIpc) is 2.45. The van der Waals surface area contributed by atoms with Crippen molar-refractivity contribution in [2.45, 2.75) is 18.2 Å². The summed E-state index contributed by atoms with van der Waals surface area (Å²) < 4.78 is 5.66. The third-order valence-electron chi connectivity index (χ3n) is 2.90. The van der Waals surface area contributed by atoms with Gasteiger partial charge in [-0.3, -0.25) is 4.79 Å². The van der Waals surface area contributed by atoms with E-state index in [9.17, 15) is 4.79 Å². The van der Waals surface area contributed by atoms with E-state index in [1.165, 1.54) is 10.5 Å². The molecule has 0 aromatic heterocycles. The Morgan fingerprint density at radius 1 is 1.19 bits per heavy atom. The van der Waals surface area contributed by atoms with Crippen molar-refractivity contribution in [3.05, 3.63) is 59.7 Å². The van der Waals surface area contributed by atoms with Crippen molar-refractivity contribution in [3.63, 3.8) is 0 Å². The molecule has 0 saturated heterocycles. The highest BCUT2D eigenvalue weighted by Crippen LogP contribution is 2.19. The lowest BCUT2D eigenvalue weighted by Gasteiger charge is -2.07. The molecule has 0 saturated carbocycles. The Balaban J connectivity index is 1.78. The smallest absolute Gasteiger partial charge is 0.307 e. The molecular formula is C17H18O3S. The van der Waals surface area contributed by atoms with Gasteiger partial charge in [0, 0.05) is 10.6 Å². The number of thioether (sulfide) groups is 1. The molecular weight excluding hydrogens is 284 g/mol. The molecule has 0 fully saturated rings. The molecule has 0 aliphatic carbocycles. The van der Waals surface area contributed by atoms with Crippen LogP contribution in [-0.4, -0.2) is 23.4 Å². The van der Waals surface area contributed by atoms with Crippen molar-refractivity contribution in [2.75, 3.05) is 12.4 Å². The lowest BCUT2D eigenvalue weighted by atomic mass is 10.1. The van der Waals surface area contributed by atoms with Crippen LogP contribution in [0.25, 0.3) is 0 Å². The second-order valence-electron chi connectivity index (χ2n) is 4.73. The van der Waals surface area contributed by atoms with E-state index in [2.05, 4.69) is 31.2 Å². The molecule has 0 aliphatic rings. The summed E-state index contributed by atoms with van der Waals surface area (Å²) in [6.45, 7) is 2.66. The standard InChI is InChI=1S/C17H18O3S/c1-13-5-7-16(8-6-13)21-10-9-20-15-4-2-3-14(11-15)12-17(18)19/h2-8,11H,9-10,12H2,1H3,(H,18,19). The fourth-order valence-corrected chi connectivity index (χ4v) is 2.60. The molecule has 110 valence electrons. The lowest BCUT2D eigenvalue weighted by Crippen LogP contribution is -2.02. The Bertz CT molecular complexity index is 593. The quantitative estimate of drug-likeness (QED) is 0.624. The Morgan fingerprint density at radius 3 is 2.67 bits per heavy atom. The SMILES string of the molecule is Cc1ccc(SCCOc2cccc(CC(=O)O)c2)cc1. The predicted octanol–water partition coefficient (Wildman–Crippen LogP) is 3.79. The van der Waals surface area contributed by atoms with Crippen LogP contribution in [0.15, 0.2) is 53.4 Å². The van der Waals surface area contributed by atoms with E-state index in [0.29, 0.717) is 6.61 Å². The van der Waals surface area contributed by atoms with Crippen molar-refractivity contribution in [2.24, 2.45) is 0 Å². The summed E-state index contributed by atoms with van der Waals surface area (Å²) in [6.07, 6.45) is 0.0231. The highest BCUT2D eigenvalue weighted by atomic mass is 32.2. The van der Waals surface area contributed by atoms with E-state index in [1.54, 1.807) is 23.9 Å². The fourth-order valence-electron chi connectivity index (χ4n) is 1.87. The van der Waals surface area contributed by atoms with Crippen LogP contribution in [0.5, 0.6) is 5.75 Å². The molecule has 0 bridgehead atoms. The number of carboxylic acid groups (broad SMARTS) is 1. The van der Waals surface area contributed by atoms with Crippen LogP contribution < -0.4 is 4.74 Å². The van der Waals surface area contributed by atoms with Gasteiger partial charge in [0.15, 0.2) is 0 Å². The molecule has 3 nitrogen and oxygen atoms in total. The maximum atomic E-state index is 10.7. The zero-order valence-corrected chi connectivity index (χ0v) is 12.7. The van der Waals surface area contributed by atoms with Gasteiger partial charge in [0.05, 0.1) is 13.0 Å². The van der Waals surface area contributed by atoms with E-state index in [1.807, 2.05) is 12.1 Å². The van der Waals surface area contributed by atoms with Crippen molar-refractivity contribution in [1.82, 2.24) is 0 Å². The van der Waals surface area contributed by atoms with E-state index < -0.39 is 5.97 Å². The maximum Gasteiger partial charge on any atom is 0.307 e. The molecule has 1 N–H and O–H groups in total. The van der Waals surface area contributed by atoms with Crippen LogP contribution in [0.4, 0.5) is 0 Å². The predicted molar refractivity (Wildman–Crippen MR) is 85.2 cm³/mol. The molecule has 2 aromatic rings. The number of benzene rings is 2. The van der Waals surface area contributed by atoms with Gasteiger partial charge in [-0.1, -0.05) is 29.8 Å². The van der Waals surface area contributed by atoms with E-state index in [0.717, 1.165) is 17.1 Å². The number of aliphatic carboxylic acids is 1. The molecule has 0 amide bonds. The number of carbonyl (C=O) groups is 1. The molecule has 0 atom stereocenters. The van der Waals surface area contributed by atoms with E-state index in [4.69, 9.17) is 9.84 Å². The number of hydrogen-bond acceptors (Lipinski definition) is 3. The van der Waals surface area contributed by atoms with E-state index >= 15 is 0 Å². The minimum Gasteiger partial charge on any atom is -0.493 e. The number of hydrogen-bond donors (Lipinski definition) is 1. The number of ether oxygens (including phenoxy) is 1. The summed E-state index contributed by atoms with van der Waals surface area (Å²) in [5.74, 6) is 0.743. The van der Waals surface area contributed by atoms with Crippen LogP contribution >= 0.6 is 11.8 Å². The Labute approximate surface area is 129 Å². The second-order valence-corrected chi connectivity index (χ2v) is 5.90. The lowest BCUT2D eigenvalue weighted by molar-refractivity contribution is -0.136. The van der Waals surface area contributed by atoms with E-state index in [-0.39, 0.29) is 6.42 Å². The summed E-state index contributed by atoms with van der Waals surface area (Å²) in [5, 5.41) is 8.77. The zero-order valence-electron chi connectivity index (χ0n) is 11.9. The molecule has 0 radical (unpaired) electrons. The third kappa shape index (κ3) is 5.52. The minimum atomic E-state index is -0.831. The highest BCUT2D eigenvalue weighted by Gasteiger charge is 2.02. The second kappa shape index (κ2) is 7.74. The van der Waals surface area contributed by atoms with Crippen LogP contribution in [0.1, 0.15) is 11.1 Å². The molecule has 0 heterocycles. The highest BCUT2D eigenvalue weighted by molar-refractivity contribution is 7.99. The fraction of sp³-hybridized carbons (Fsp3) is 0.235. The van der Waals surface area contributed by atoms with Gasteiger partial charge in [0.2, 0.25) is 0 Å². The molecule has 4 heteroatoms. The first-order valence-corrected chi connectivity index (χ1v) is 7.75. The van der Waals surface area contributed by atoms with Gasteiger partial charge < -0.3 is 9.84 Å². The van der Waals surface area contributed by atoms with Gasteiger partial charge >= 0.3 is 5.97 Å². The summed E-state index contributed by atoms with van der Waals surface area (Å²) in [7, 11) is 0. The number of aryl methyl sites for hydroxylation is 1. The van der Waals surface area contributed by atoms with Crippen LogP contribution in [-0.2, 0) is 11.2 Å². The van der Waals surface area contributed by atoms with Crippen molar-refractivity contribution < 1.29 is 14.6 Å². The zero-order chi connectivity index (χ0) is 15.1. The third-order valence-corrected chi connectivity index (χ3v) is 3.87. The van der Waals surface area contributed by atoms with Crippen LogP contribution in [0.3, 0.4) is 0 Å². The van der Waals surface area contributed by atoms with Gasteiger partial charge in [-0.2, -0.15) is 0 Å². The molecule has 2 rings (SSSR count). The topological polar surface area (TPSA) is 46.5 Å². The largest absolute Gasteiger partial charge is 0.493 e. The molecule has 0 aliphatic heterocycles. The Morgan fingerprint density at radius 2 is 1.95 bits per heavy atom. The summed E-state index contributed by atoms with van der Waals surface area (Å²) >= 11 is 1.74. The Kier molecular flexibility index (Phi) is 5.69. The van der Waals surface area contributed by atoms with Crippen LogP contribution in [0, 0.1) is 6.92 Å².